The first-order valence-electron chi connectivity index (χ1n) is 10.3. The van der Waals surface area contributed by atoms with Crippen molar-refractivity contribution in [3.05, 3.63) is 59.7 Å². The molecule has 2 aromatic carbocycles. The summed E-state index contributed by atoms with van der Waals surface area (Å²) in [7, 11) is 0. The second kappa shape index (κ2) is 10.4. The molecule has 0 radical (unpaired) electrons. The highest BCUT2D eigenvalue weighted by atomic mass is 16.5. The van der Waals surface area contributed by atoms with Crippen LogP contribution >= 0.6 is 0 Å². The van der Waals surface area contributed by atoms with Gasteiger partial charge in [0.15, 0.2) is 0 Å². The first kappa shape index (κ1) is 21.4. The van der Waals surface area contributed by atoms with Crippen LogP contribution in [0.5, 0.6) is 11.5 Å². The molecule has 30 heavy (non-hydrogen) atoms. The number of likely N-dealkylation sites (tertiary alicyclic amines) is 1. The van der Waals surface area contributed by atoms with Gasteiger partial charge >= 0.3 is 0 Å². The smallest absolute Gasteiger partial charge is 0.251 e. The topological polar surface area (TPSA) is 102 Å². The lowest BCUT2D eigenvalue weighted by Gasteiger charge is -2.20. The van der Waals surface area contributed by atoms with Gasteiger partial charge in [-0.1, -0.05) is 6.42 Å². The van der Waals surface area contributed by atoms with E-state index in [1.165, 1.54) is 0 Å². The molecular formula is C23H27N3O4. The van der Waals surface area contributed by atoms with E-state index in [0.717, 1.165) is 32.2 Å². The average molecular weight is 409 g/mol. The SMILES string of the molecule is NC(=O)c1ccc(Oc2ccc(C(=O)NCCCN3CCCCCC3=O)cc2)cc1. The summed E-state index contributed by atoms with van der Waals surface area (Å²) in [5, 5.41) is 2.89. The number of hydrogen-bond donors (Lipinski definition) is 2. The third-order valence-corrected chi connectivity index (χ3v) is 5.05. The summed E-state index contributed by atoms with van der Waals surface area (Å²) in [4.78, 5) is 37.3. The molecule has 158 valence electrons. The van der Waals surface area contributed by atoms with Crippen molar-refractivity contribution in [3.8, 4) is 11.5 Å². The number of nitrogens with two attached hydrogens (primary N) is 1. The number of nitrogens with one attached hydrogen (secondary N) is 1. The van der Waals surface area contributed by atoms with E-state index in [1.807, 2.05) is 4.90 Å². The zero-order chi connectivity index (χ0) is 21.3. The minimum absolute atomic E-state index is 0.158. The Hall–Kier alpha value is -3.35. The van der Waals surface area contributed by atoms with Crippen molar-refractivity contribution in [2.24, 2.45) is 5.73 Å². The zero-order valence-electron chi connectivity index (χ0n) is 16.9. The van der Waals surface area contributed by atoms with Crippen LogP contribution in [-0.2, 0) is 4.79 Å². The van der Waals surface area contributed by atoms with Gasteiger partial charge in [-0.2, -0.15) is 0 Å². The summed E-state index contributed by atoms with van der Waals surface area (Å²) in [5.41, 5.74) is 6.17. The lowest BCUT2D eigenvalue weighted by Crippen LogP contribution is -2.33. The van der Waals surface area contributed by atoms with Gasteiger partial charge in [0.25, 0.3) is 5.91 Å². The van der Waals surface area contributed by atoms with Crippen molar-refractivity contribution in [2.45, 2.75) is 32.1 Å². The number of nitrogens with zero attached hydrogens (tertiary/aromatic N) is 1. The van der Waals surface area contributed by atoms with Gasteiger partial charge in [-0.3, -0.25) is 14.4 Å². The Morgan fingerprint density at radius 2 is 1.57 bits per heavy atom. The average Bonchev–Trinajstić information content (AvgIpc) is 2.96. The van der Waals surface area contributed by atoms with E-state index in [1.54, 1.807) is 48.5 Å². The Morgan fingerprint density at radius 3 is 2.20 bits per heavy atom. The minimum Gasteiger partial charge on any atom is -0.457 e. The van der Waals surface area contributed by atoms with E-state index in [4.69, 9.17) is 10.5 Å². The van der Waals surface area contributed by atoms with Gasteiger partial charge in [-0.15, -0.1) is 0 Å². The van der Waals surface area contributed by atoms with Crippen molar-refractivity contribution >= 4 is 17.7 Å². The molecule has 0 unspecified atom stereocenters. The van der Waals surface area contributed by atoms with E-state index in [0.29, 0.717) is 42.1 Å². The fraction of sp³-hybridized carbons (Fsp3) is 0.348. The van der Waals surface area contributed by atoms with E-state index in [9.17, 15) is 14.4 Å². The summed E-state index contributed by atoms with van der Waals surface area (Å²) in [6, 6.07) is 13.3. The fourth-order valence-electron chi connectivity index (χ4n) is 3.35. The normalized spacial score (nSPS) is 14.1. The summed E-state index contributed by atoms with van der Waals surface area (Å²) in [6.45, 7) is 2.02. The Morgan fingerprint density at radius 1 is 0.933 bits per heavy atom. The van der Waals surface area contributed by atoms with Gasteiger partial charge in [-0.05, 0) is 67.8 Å². The quantitative estimate of drug-likeness (QED) is 0.654. The van der Waals surface area contributed by atoms with Crippen molar-refractivity contribution in [2.75, 3.05) is 19.6 Å². The number of amides is 3. The van der Waals surface area contributed by atoms with Gasteiger partial charge in [0, 0.05) is 37.2 Å². The van der Waals surface area contributed by atoms with E-state index in [-0.39, 0.29) is 11.8 Å². The van der Waals surface area contributed by atoms with Crippen molar-refractivity contribution in [1.82, 2.24) is 10.2 Å². The summed E-state index contributed by atoms with van der Waals surface area (Å²) >= 11 is 0. The van der Waals surface area contributed by atoms with Gasteiger partial charge in [-0.25, -0.2) is 0 Å². The molecule has 3 rings (SSSR count). The Labute approximate surface area is 176 Å². The predicted octanol–water partition coefficient (Wildman–Crippen LogP) is 3.10. The van der Waals surface area contributed by atoms with Crippen molar-refractivity contribution in [3.63, 3.8) is 0 Å². The van der Waals surface area contributed by atoms with Gasteiger partial charge in [0.1, 0.15) is 11.5 Å². The van der Waals surface area contributed by atoms with Crippen LogP contribution in [0.3, 0.4) is 0 Å². The highest BCUT2D eigenvalue weighted by molar-refractivity contribution is 5.94. The number of hydrogen-bond acceptors (Lipinski definition) is 4. The van der Waals surface area contributed by atoms with Gasteiger partial charge in [0.2, 0.25) is 11.8 Å². The summed E-state index contributed by atoms with van der Waals surface area (Å²) < 4.78 is 5.71. The molecule has 7 nitrogen and oxygen atoms in total. The van der Waals surface area contributed by atoms with Crippen LogP contribution in [-0.4, -0.2) is 42.3 Å². The number of benzene rings is 2. The van der Waals surface area contributed by atoms with Gasteiger partial charge < -0.3 is 20.7 Å². The van der Waals surface area contributed by atoms with Crippen molar-refractivity contribution in [1.29, 1.82) is 0 Å². The predicted molar refractivity (Wildman–Crippen MR) is 113 cm³/mol. The molecular weight excluding hydrogens is 382 g/mol. The third kappa shape index (κ3) is 6.07. The number of carbonyl (C=O) groups is 3. The number of ether oxygens (including phenoxy) is 1. The fourth-order valence-corrected chi connectivity index (χ4v) is 3.35. The molecule has 3 N–H and O–H groups in total. The molecule has 0 aliphatic carbocycles. The molecule has 1 aliphatic rings. The van der Waals surface area contributed by atoms with E-state index >= 15 is 0 Å². The molecule has 1 heterocycles. The first-order valence-corrected chi connectivity index (χ1v) is 10.3. The molecule has 2 aromatic rings. The Balaban J connectivity index is 1.44. The molecule has 7 heteroatoms. The Bertz CT molecular complexity index is 878. The third-order valence-electron chi connectivity index (χ3n) is 5.05. The van der Waals surface area contributed by atoms with Crippen LogP contribution in [0.1, 0.15) is 52.8 Å². The molecule has 1 fully saturated rings. The maximum atomic E-state index is 12.3. The monoisotopic (exact) mass is 409 g/mol. The van der Waals surface area contributed by atoms with Crippen LogP contribution in [0.15, 0.2) is 48.5 Å². The Kier molecular flexibility index (Phi) is 7.43. The van der Waals surface area contributed by atoms with E-state index in [2.05, 4.69) is 5.32 Å². The molecule has 0 atom stereocenters. The molecule has 0 saturated carbocycles. The highest BCUT2D eigenvalue weighted by Gasteiger charge is 2.15. The molecule has 0 aromatic heterocycles. The number of rotatable bonds is 8. The van der Waals surface area contributed by atoms with Gasteiger partial charge in [0.05, 0.1) is 0 Å². The van der Waals surface area contributed by atoms with Crippen molar-refractivity contribution < 1.29 is 19.1 Å². The second-order valence-electron chi connectivity index (χ2n) is 7.32. The largest absolute Gasteiger partial charge is 0.457 e. The highest BCUT2D eigenvalue weighted by Crippen LogP contribution is 2.22. The van der Waals surface area contributed by atoms with Crippen LogP contribution in [0.2, 0.25) is 0 Å². The standard InChI is InChI=1S/C23H27N3O4/c24-22(28)17-6-10-19(11-7-17)30-20-12-8-18(9-13-20)23(29)25-14-4-16-26-15-3-1-2-5-21(26)27/h6-13H,1-5,14-16H2,(H2,24,28)(H,25,29). The first-order chi connectivity index (χ1) is 14.5. The molecule has 1 saturated heterocycles. The minimum atomic E-state index is -0.491. The maximum absolute atomic E-state index is 12.3. The summed E-state index contributed by atoms with van der Waals surface area (Å²) in [5.74, 6) is 0.724. The van der Waals surface area contributed by atoms with Crippen LogP contribution < -0.4 is 15.8 Å². The lowest BCUT2D eigenvalue weighted by atomic mass is 10.2. The zero-order valence-corrected chi connectivity index (χ0v) is 16.9. The van der Waals surface area contributed by atoms with Crippen LogP contribution in [0, 0.1) is 0 Å². The molecule has 0 bridgehead atoms. The number of carbonyl (C=O) groups excluding carboxylic acids is 3. The number of primary amides is 1. The maximum Gasteiger partial charge on any atom is 0.251 e. The molecule has 3 amide bonds. The van der Waals surface area contributed by atoms with E-state index < -0.39 is 5.91 Å². The van der Waals surface area contributed by atoms with Crippen LogP contribution in [0.4, 0.5) is 0 Å². The van der Waals surface area contributed by atoms with Crippen LogP contribution in [0.25, 0.3) is 0 Å². The second-order valence-corrected chi connectivity index (χ2v) is 7.32. The summed E-state index contributed by atoms with van der Waals surface area (Å²) in [6.07, 6.45) is 4.51. The lowest BCUT2D eigenvalue weighted by molar-refractivity contribution is -0.130. The molecule has 1 aliphatic heterocycles. The molecule has 0 spiro atoms.